The summed E-state index contributed by atoms with van der Waals surface area (Å²) in [6.45, 7) is 0.0836. The zero-order valence-corrected chi connectivity index (χ0v) is 18.6. The Morgan fingerprint density at radius 1 is 1.03 bits per heavy atom. The van der Waals surface area contributed by atoms with Gasteiger partial charge in [-0.15, -0.1) is 0 Å². The molecule has 2 amide bonds. The van der Waals surface area contributed by atoms with Gasteiger partial charge in [-0.25, -0.2) is 0 Å². The highest BCUT2D eigenvalue weighted by atomic mass is 79.9. The summed E-state index contributed by atoms with van der Waals surface area (Å²) in [5, 5.41) is 0.546. The van der Waals surface area contributed by atoms with Crippen LogP contribution < -0.4 is 0 Å². The topological polar surface area (TPSA) is 50.5 Å². The second kappa shape index (κ2) is 8.40. The fourth-order valence-electron chi connectivity index (χ4n) is 2.79. The van der Waals surface area contributed by atoms with Gasteiger partial charge in [-0.3, -0.25) is 14.5 Å². The largest absolute Gasteiger partial charge is 0.457 e. The zero-order chi connectivity index (χ0) is 20.5. The normalized spacial score (nSPS) is 15.6. The first kappa shape index (κ1) is 20.3. The van der Waals surface area contributed by atoms with Crippen molar-refractivity contribution in [3.05, 3.63) is 85.3 Å². The fraction of sp³-hybridized carbons (Fsp3) is 0.0476. The van der Waals surface area contributed by atoms with Gasteiger partial charge < -0.3 is 4.42 Å². The minimum Gasteiger partial charge on any atom is -0.457 e. The van der Waals surface area contributed by atoms with Crippen molar-refractivity contribution in [2.75, 3.05) is 0 Å². The van der Waals surface area contributed by atoms with E-state index < -0.39 is 0 Å². The number of amides is 2. The minimum absolute atomic E-state index is 0.0836. The van der Waals surface area contributed by atoms with Crippen LogP contribution in [-0.4, -0.2) is 16.0 Å². The van der Waals surface area contributed by atoms with Crippen LogP contribution in [0.4, 0.5) is 4.79 Å². The number of rotatable bonds is 4. The Morgan fingerprint density at radius 3 is 2.52 bits per heavy atom. The third-order valence-electron chi connectivity index (χ3n) is 4.25. The second-order valence-electron chi connectivity index (χ2n) is 6.21. The van der Waals surface area contributed by atoms with Crippen LogP contribution in [0.2, 0.25) is 10.0 Å². The van der Waals surface area contributed by atoms with E-state index in [0.717, 1.165) is 26.7 Å². The van der Waals surface area contributed by atoms with Crippen molar-refractivity contribution in [1.29, 1.82) is 0 Å². The van der Waals surface area contributed by atoms with Gasteiger partial charge in [0.2, 0.25) is 0 Å². The zero-order valence-electron chi connectivity index (χ0n) is 14.7. The van der Waals surface area contributed by atoms with Gasteiger partial charge in [-0.2, -0.15) is 0 Å². The van der Waals surface area contributed by atoms with Crippen molar-refractivity contribution in [3.63, 3.8) is 0 Å². The smallest absolute Gasteiger partial charge is 0.293 e. The van der Waals surface area contributed by atoms with E-state index >= 15 is 0 Å². The van der Waals surface area contributed by atoms with Crippen molar-refractivity contribution in [3.8, 4) is 11.3 Å². The number of thioether (sulfide) groups is 1. The Kier molecular flexibility index (Phi) is 5.88. The number of furan rings is 1. The molecule has 0 saturated carbocycles. The molecular formula is C21H12BrCl2NO3S. The van der Waals surface area contributed by atoms with Crippen molar-refractivity contribution in [2.45, 2.75) is 6.54 Å². The monoisotopic (exact) mass is 507 g/mol. The Bertz CT molecular complexity index is 1140. The lowest BCUT2D eigenvalue weighted by Crippen LogP contribution is -2.27. The van der Waals surface area contributed by atoms with Gasteiger partial charge in [-0.05, 0) is 53.7 Å². The van der Waals surface area contributed by atoms with E-state index in [0.29, 0.717) is 32.0 Å². The molecule has 0 bridgehead atoms. The molecular weight excluding hydrogens is 497 g/mol. The Morgan fingerprint density at radius 2 is 1.79 bits per heavy atom. The predicted octanol–water partition coefficient (Wildman–Crippen LogP) is 7.25. The molecule has 1 aromatic heterocycles. The molecule has 29 heavy (non-hydrogen) atoms. The van der Waals surface area contributed by atoms with Gasteiger partial charge in [0.1, 0.15) is 11.5 Å². The Hall–Kier alpha value is -1.99. The summed E-state index contributed by atoms with van der Waals surface area (Å²) in [6.07, 6.45) is 1.58. The molecule has 1 aliphatic heterocycles. The Labute approximate surface area is 189 Å². The van der Waals surface area contributed by atoms with Crippen molar-refractivity contribution >= 4 is 68.1 Å². The van der Waals surface area contributed by atoms with Gasteiger partial charge in [0.25, 0.3) is 11.1 Å². The summed E-state index contributed by atoms with van der Waals surface area (Å²) in [5.41, 5.74) is 1.56. The Balaban J connectivity index is 1.54. The van der Waals surface area contributed by atoms with E-state index in [1.165, 1.54) is 0 Å². The molecule has 2 heterocycles. The molecule has 3 aromatic rings. The maximum Gasteiger partial charge on any atom is 0.293 e. The quantitative estimate of drug-likeness (QED) is 0.348. The van der Waals surface area contributed by atoms with Gasteiger partial charge in [0.15, 0.2) is 0 Å². The van der Waals surface area contributed by atoms with Crippen LogP contribution in [-0.2, 0) is 11.3 Å². The predicted molar refractivity (Wildman–Crippen MR) is 120 cm³/mol. The summed E-state index contributed by atoms with van der Waals surface area (Å²) in [6, 6.07) is 16.2. The molecule has 146 valence electrons. The van der Waals surface area contributed by atoms with Crippen LogP contribution in [0.25, 0.3) is 17.4 Å². The van der Waals surface area contributed by atoms with E-state index in [1.54, 1.807) is 30.3 Å². The number of halogens is 3. The molecule has 1 saturated heterocycles. The summed E-state index contributed by atoms with van der Waals surface area (Å²) in [4.78, 5) is 26.5. The molecule has 0 N–H and O–H groups in total. The lowest BCUT2D eigenvalue weighted by atomic mass is 10.2. The van der Waals surface area contributed by atoms with Crippen LogP contribution in [0, 0.1) is 0 Å². The average molecular weight is 509 g/mol. The van der Waals surface area contributed by atoms with E-state index in [4.69, 9.17) is 27.6 Å². The fourth-order valence-corrected chi connectivity index (χ4v) is 4.34. The number of imide groups is 1. The number of hydrogen-bond acceptors (Lipinski definition) is 4. The molecule has 0 atom stereocenters. The van der Waals surface area contributed by atoms with E-state index in [2.05, 4.69) is 15.9 Å². The number of hydrogen-bond donors (Lipinski definition) is 0. The molecule has 1 fully saturated rings. The van der Waals surface area contributed by atoms with Gasteiger partial charge in [0.05, 0.1) is 11.4 Å². The summed E-state index contributed by atoms with van der Waals surface area (Å²) < 4.78 is 6.79. The molecule has 4 nitrogen and oxygen atoms in total. The number of nitrogens with zero attached hydrogens (tertiary/aromatic N) is 1. The number of benzene rings is 2. The van der Waals surface area contributed by atoms with Crippen LogP contribution in [0.3, 0.4) is 0 Å². The van der Waals surface area contributed by atoms with Crippen molar-refractivity contribution in [1.82, 2.24) is 4.90 Å². The highest BCUT2D eigenvalue weighted by Crippen LogP contribution is 2.35. The highest BCUT2D eigenvalue weighted by molar-refractivity contribution is 9.10. The van der Waals surface area contributed by atoms with E-state index in [9.17, 15) is 9.59 Å². The first-order chi connectivity index (χ1) is 13.9. The lowest BCUT2D eigenvalue weighted by molar-refractivity contribution is -0.123. The summed E-state index contributed by atoms with van der Waals surface area (Å²) in [7, 11) is 0. The summed E-state index contributed by atoms with van der Waals surface area (Å²) in [5.74, 6) is 0.793. The minimum atomic E-state index is -0.382. The maximum absolute atomic E-state index is 12.7. The van der Waals surface area contributed by atoms with Crippen molar-refractivity contribution < 1.29 is 14.0 Å². The third-order valence-corrected chi connectivity index (χ3v) is 6.27. The first-order valence-electron chi connectivity index (χ1n) is 8.46. The van der Waals surface area contributed by atoms with Gasteiger partial charge in [0, 0.05) is 26.2 Å². The molecule has 0 unspecified atom stereocenters. The standard InChI is InChI=1S/C21H12BrCl2NO3S/c22-14-4-1-12(2-5-14)18-8-7-16(28-18)10-19-20(26)25(21(27)29-19)11-13-3-6-15(23)9-17(13)24/h1-10H,11H2/b19-10-. The third kappa shape index (κ3) is 4.46. The molecule has 8 heteroatoms. The van der Waals surface area contributed by atoms with Crippen LogP contribution in [0.15, 0.2) is 68.4 Å². The van der Waals surface area contributed by atoms with E-state index in [-0.39, 0.29) is 17.7 Å². The van der Waals surface area contributed by atoms with Crippen LogP contribution >= 0.6 is 50.9 Å². The molecule has 1 aliphatic rings. The molecule has 2 aromatic carbocycles. The first-order valence-corrected chi connectivity index (χ1v) is 10.8. The van der Waals surface area contributed by atoms with Gasteiger partial charge in [-0.1, -0.05) is 57.3 Å². The van der Waals surface area contributed by atoms with Crippen molar-refractivity contribution in [2.24, 2.45) is 0 Å². The number of carbonyl (C=O) groups is 2. The molecule has 0 radical (unpaired) electrons. The van der Waals surface area contributed by atoms with Gasteiger partial charge >= 0.3 is 0 Å². The molecule has 0 aliphatic carbocycles. The average Bonchev–Trinajstić information content (AvgIpc) is 3.25. The highest BCUT2D eigenvalue weighted by Gasteiger charge is 2.35. The lowest BCUT2D eigenvalue weighted by Gasteiger charge is -2.13. The maximum atomic E-state index is 12.7. The van der Waals surface area contributed by atoms with Crippen LogP contribution in [0.1, 0.15) is 11.3 Å². The molecule has 4 rings (SSSR count). The second-order valence-corrected chi connectivity index (χ2v) is 8.96. The SMILES string of the molecule is O=C1S/C(=C\c2ccc(-c3ccc(Br)cc3)o2)C(=O)N1Cc1ccc(Cl)cc1Cl. The van der Waals surface area contributed by atoms with E-state index in [1.807, 2.05) is 30.3 Å². The van der Waals surface area contributed by atoms with Crippen LogP contribution in [0.5, 0.6) is 0 Å². The number of carbonyl (C=O) groups excluding carboxylic acids is 2. The summed E-state index contributed by atoms with van der Waals surface area (Å²) >= 11 is 16.3. The molecule has 0 spiro atoms.